The third-order valence-corrected chi connectivity index (χ3v) is 6.81. The fourth-order valence-corrected chi connectivity index (χ4v) is 4.62. The molecule has 0 radical (unpaired) electrons. The van der Waals surface area contributed by atoms with Crippen LogP contribution in [-0.2, 0) is 10.0 Å². The van der Waals surface area contributed by atoms with Crippen LogP contribution in [-0.4, -0.2) is 52.9 Å². The van der Waals surface area contributed by atoms with Gasteiger partial charge < -0.3 is 15.8 Å². The van der Waals surface area contributed by atoms with E-state index >= 15 is 0 Å². The van der Waals surface area contributed by atoms with Crippen LogP contribution in [0.5, 0.6) is 0 Å². The van der Waals surface area contributed by atoms with E-state index in [1.54, 1.807) is 6.20 Å². The van der Waals surface area contributed by atoms with Gasteiger partial charge >= 0.3 is 0 Å². The SMILES string of the molecule is CCCS(=O)(=O)N1C=C(CNc2nonc2/C(=N/O)Nc2ccc(F)c(Br)c2)CC1. The number of amidine groups is 1. The van der Waals surface area contributed by atoms with Crippen molar-refractivity contribution in [1.82, 2.24) is 14.6 Å². The second-order valence-electron chi connectivity index (χ2n) is 6.48. The van der Waals surface area contributed by atoms with Crippen molar-refractivity contribution < 1.29 is 22.6 Å². The summed E-state index contributed by atoms with van der Waals surface area (Å²) in [4.78, 5) is 0. The minimum absolute atomic E-state index is 0.0650. The van der Waals surface area contributed by atoms with Crippen molar-refractivity contribution in [2.45, 2.75) is 19.8 Å². The van der Waals surface area contributed by atoms with Crippen LogP contribution in [0.25, 0.3) is 0 Å². The second kappa shape index (κ2) is 9.43. The Labute approximate surface area is 181 Å². The Morgan fingerprint density at radius 1 is 1.43 bits per heavy atom. The van der Waals surface area contributed by atoms with Crippen LogP contribution in [0.15, 0.2) is 44.2 Å². The number of hydrogen-bond donors (Lipinski definition) is 3. The first-order valence-electron chi connectivity index (χ1n) is 9.04. The third kappa shape index (κ3) is 5.08. The lowest BCUT2D eigenvalue weighted by Gasteiger charge is -2.14. The van der Waals surface area contributed by atoms with E-state index in [1.165, 1.54) is 22.5 Å². The molecule has 0 saturated heterocycles. The van der Waals surface area contributed by atoms with Crippen molar-refractivity contribution in [3.05, 3.63) is 46.0 Å². The van der Waals surface area contributed by atoms with Crippen molar-refractivity contribution >= 4 is 43.3 Å². The summed E-state index contributed by atoms with van der Waals surface area (Å²) >= 11 is 3.08. The molecule has 1 aromatic carbocycles. The highest BCUT2D eigenvalue weighted by Gasteiger charge is 2.24. The largest absolute Gasteiger partial charge is 0.409 e. The monoisotopic (exact) mass is 502 g/mol. The number of oxime groups is 1. The number of halogens is 2. The van der Waals surface area contributed by atoms with Crippen molar-refractivity contribution in [3.8, 4) is 0 Å². The van der Waals surface area contributed by atoms with Gasteiger partial charge in [-0.25, -0.2) is 17.4 Å². The molecule has 30 heavy (non-hydrogen) atoms. The van der Waals surface area contributed by atoms with Gasteiger partial charge in [0.25, 0.3) is 0 Å². The molecule has 0 amide bonds. The molecular formula is C17H20BrFN6O4S. The Kier molecular flexibility index (Phi) is 6.92. The molecule has 0 aliphatic carbocycles. The van der Waals surface area contributed by atoms with Crippen LogP contribution >= 0.6 is 15.9 Å². The normalized spacial score (nSPS) is 14.7. The molecular weight excluding hydrogens is 483 g/mol. The number of sulfonamides is 1. The first-order valence-corrected chi connectivity index (χ1v) is 11.4. The van der Waals surface area contributed by atoms with Gasteiger partial charge in [0, 0.05) is 25.0 Å². The van der Waals surface area contributed by atoms with Gasteiger partial charge in [-0.05, 0) is 62.9 Å². The molecule has 162 valence electrons. The van der Waals surface area contributed by atoms with Crippen molar-refractivity contribution in [1.29, 1.82) is 0 Å². The van der Waals surface area contributed by atoms with Crippen LogP contribution in [0.2, 0.25) is 0 Å². The predicted octanol–water partition coefficient (Wildman–Crippen LogP) is 2.96. The van der Waals surface area contributed by atoms with E-state index in [4.69, 9.17) is 4.63 Å². The number of anilines is 2. The summed E-state index contributed by atoms with van der Waals surface area (Å²) in [6.45, 7) is 2.52. The number of hydrogen-bond acceptors (Lipinski definition) is 8. The summed E-state index contributed by atoms with van der Waals surface area (Å²) in [5.41, 5.74) is 1.41. The number of benzene rings is 1. The minimum atomic E-state index is -3.29. The van der Waals surface area contributed by atoms with E-state index in [1.807, 2.05) is 6.92 Å². The fraction of sp³-hybridized carbons (Fsp3) is 0.353. The molecule has 1 aromatic heterocycles. The Bertz CT molecular complexity index is 1070. The van der Waals surface area contributed by atoms with E-state index in [2.05, 4.69) is 42.0 Å². The number of nitrogens with one attached hydrogen (secondary N) is 2. The van der Waals surface area contributed by atoms with E-state index in [9.17, 15) is 18.0 Å². The maximum Gasteiger partial charge on any atom is 0.234 e. The quantitative estimate of drug-likeness (QED) is 0.217. The molecule has 0 atom stereocenters. The van der Waals surface area contributed by atoms with Crippen molar-refractivity contribution in [2.75, 3.05) is 29.5 Å². The van der Waals surface area contributed by atoms with Crippen molar-refractivity contribution in [2.24, 2.45) is 5.16 Å². The second-order valence-corrected chi connectivity index (χ2v) is 9.38. The van der Waals surface area contributed by atoms with Gasteiger partial charge in [-0.15, -0.1) is 0 Å². The summed E-state index contributed by atoms with van der Waals surface area (Å²) in [6, 6.07) is 4.17. The van der Waals surface area contributed by atoms with Gasteiger partial charge in [0.1, 0.15) is 5.82 Å². The molecule has 2 aromatic rings. The number of aromatic nitrogens is 2. The standard InChI is InChI=1S/C17H20BrFN6O4S/c1-2-7-30(27,28)25-6-5-11(10-25)9-20-16-15(23-29-24-16)17(22-26)21-12-3-4-14(19)13(18)8-12/h3-4,8,10,26H,2,5-7,9H2,1H3,(H,20,24)(H,21,22). The maximum atomic E-state index is 13.4. The van der Waals surface area contributed by atoms with E-state index in [0.29, 0.717) is 31.6 Å². The Hall–Kier alpha value is -2.67. The van der Waals surface area contributed by atoms with Gasteiger partial charge in [0.05, 0.1) is 10.2 Å². The summed E-state index contributed by atoms with van der Waals surface area (Å²) in [5.74, 6) is -0.200. The van der Waals surface area contributed by atoms with Crippen LogP contribution in [0.3, 0.4) is 0 Å². The predicted molar refractivity (Wildman–Crippen MR) is 112 cm³/mol. The molecule has 1 aliphatic rings. The Morgan fingerprint density at radius 2 is 2.23 bits per heavy atom. The smallest absolute Gasteiger partial charge is 0.234 e. The molecule has 0 fully saturated rings. The van der Waals surface area contributed by atoms with E-state index < -0.39 is 15.8 Å². The first kappa shape index (κ1) is 22.0. The third-order valence-electron chi connectivity index (χ3n) is 4.28. The van der Waals surface area contributed by atoms with Crippen LogP contribution in [0.4, 0.5) is 15.9 Å². The summed E-state index contributed by atoms with van der Waals surface area (Å²) in [5, 5.41) is 25.9. The summed E-state index contributed by atoms with van der Waals surface area (Å²) in [6.07, 6.45) is 2.75. The fourth-order valence-electron chi connectivity index (χ4n) is 2.81. The highest BCUT2D eigenvalue weighted by Crippen LogP contribution is 2.22. The van der Waals surface area contributed by atoms with Crippen LogP contribution < -0.4 is 10.6 Å². The zero-order valence-electron chi connectivity index (χ0n) is 16.0. The lowest BCUT2D eigenvalue weighted by molar-refractivity contribution is 0.305. The van der Waals surface area contributed by atoms with Gasteiger partial charge in [0.15, 0.2) is 5.69 Å². The Morgan fingerprint density at radius 3 is 2.93 bits per heavy atom. The summed E-state index contributed by atoms with van der Waals surface area (Å²) < 4.78 is 44.0. The minimum Gasteiger partial charge on any atom is -0.409 e. The molecule has 3 rings (SSSR count). The zero-order valence-corrected chi connectivity index (χ0v) is 18.4. The summed E-state index contributed by atoms with van der Waals surface area (Å²) in [7, 11) is -3.29. The van der Waals surface area contributed by atoms with Crippen LogP contribution in [0, 0.1) is 5.82 Å². The molecule has 10 nitrogen and oxygen atoms in total. The van der Waals surface area contributed by atoms with E-state index in [0.717, 1.165) is 5.57 Å². The molecule has 1 aliphatic heterocycles. The van der Waals surface area contributed by atoms with Gasteiger partial charge in [-0.1, -0.05) is 12.1 Å². The average molecular weight is 503 g/mol. The average Bonchev–Trinajstić information content (AvgIpc) is 3.37. The molecule has 0 saturated carbocycles. The molecule has 3 N–H and O–H groups in total. The lowest BCUT2D eigenvalue weighted by atomic mass is 10.2. The Balaban J connectivity index is 1.68. The topological polar surface area (TPSA) is 133 Å². The molecule has 0 bridgehead atoms. The zero-order chi connectivity index (χ0) is 21.7. The van der Waals surface area contributed by atoms with Crippen LogP contribution in [0.1, 0.15) is 25.5 Å². The van der Waals surface area contributed by atoms with Gasteiger partial charge in [-0.2, -0.15) is 0 Å². The molecule has 2 heterocycles. The van der Waals surface area contributed by atoms with Gasteiger partial charge in [-0.3, -0.25) is 4.31 Å². The highest BCUT2D eigenvalue weighted by molar-refractivity contribution is 9.10. The molecule has 0 unspecified atom stereocenters. The van der Waals surface area contributed by atoms with Gasteiger partial charge in [0.2, 0.25) is 21.7 Å². The lowest BCUT2D eigenvalue weighted by Crippen LogP contribution is -2.26. The molecule has 13 heteroatoms. The maximum absolute atomic E-state index is 13.4. The molecule has 0 spiro atoms. The highest BCUT2D eigenvalue weighted by atomic mass is 79.9. The number of nitrogens with zero attached hydrogens (tertiary/aromatic N) is 4. The van der Waals surface area contributed by atoms with Crippen molar-refractivity contribution in [3.63, 3.8) is 0 Å². The first-order chi connectivity index (χ1) is 14.3. The number of rotatable bonds is 8. The van der Waals surface area contributed by atoms with E-state index in [-0.39, 0.29) is 27.6 Å².